The molecule has 1 atom stereocenters. The summed E-state index contributed by atoms with van der Waals surface area (Å²) in [6, 6.07) is 9.62. The lowest BCUT2D eigenvalue weighted by molar-refractivity contribution is -0.138. The minimum Gasteiger partial charge on any atom is -0.490 e. The number of carbonyl (C=O) groups is 1. The van der Waals surface area contributed by atoms with Gasteiger partial charge in [-0.3, -0.25) is 9.69 Å². The molecule has 1 aliphatic carbocycles. The Morgan fingerprint density at radius 2 is 1.87 bits per heavy atom. The van der Waals surface area contributed by atoms with Crippen LogP contribution in [0.4, 0.5) is 24.5 Å². The lowest BCUT2D eigenvalue weighted by Gasteiger charge is -2.44. The van der Waals surface area contributed by atoms with Crippen LogP contribution in [-0.4, -0.2) is 64.3 Å². The molecular weight excluding hydrogens is 519 g/mol. The summed E-state index contributed by atoms with van der Waals surface area (Å²) in [5.74, 6) is 0.361. The van der Waals surface area contributed by atoms with E-state index in [1.807, 2.05) is 29.2 Å². The fourth-order valence-corrected chi connectivity index (χ4v) is 6.12. The number of aromatic nitrogens is 1. The summed E-state index contributed by atoms with van der Waals surface area (Å²) < 4.78 is 46.9. The number of β-amino-alcohol motifs (C(OH)–C–C–N with tert-alkyl or cyclic N) is 1. The normalized spacial score (nSPS) is 22.0. The van der Waals surface area contributed by atoms with Gasteiger partial charge in [0.15, 0.2) is 11.2 Å². The molecule has 38 heavy (non-hydrogen) atoms. The van der Waals surface area contributed by atoms with Crippen LogP contribution >= 0.6 is 12.6 Å². The van der Waals surface area contributed by atoms with E-state index in [2.05, 4.69) is 22.5 Å². The van der Waals surface area contributed by atoms with Crippen molar-refractivity contribution in [3.05, 3.63) is 47.8 Å². The molecule has 1 aromatic heterocycles. The molecule has 5 rings (SSSR count). The smallest absolute Gasteiger partial charge is 0.419 e. The zero-order valence-electron chi connectivity index (χ0n) is 20.6. The van der Waals surface area contributed by atoms with Gasteiger partial charge < -0.3 is 19.6 Å². The Labute approximate surface area is 224 Å². The number of amides is 1. The number of hydrogen-bond acceptors (Lipinski definition) is 8. The Morgan fingerprint density at radius 3 is 2.42 bits per heavy atom. The molecular formula is C26H28F3N5O3S. The maximum atomic E-state index is 13.6. The molecule has 0 bridgehead atoms. The minimum atomic E-state index is -4.79. The van der Waals surface area contributed by atoms with Crippen molar-refractivity contribution >= 4 is 29.9 Å². The highest BCUT2D eigenvalue weighted by Gasteiger charge is 2.60. The van der Waals surface area contributed by atoms with Crippen molar-refractivity contribution in [2.75, 3.05) is 36.0 Å². The number of rotatable bonds is 6. The lowest BCUT2D eigenvalue weighted by Crippen LogP contribution is -2.55. The molecule has 1 amide bonds. The molecule has 1 N–H and O–H groups in total. The third-order valence-corrected chi connectivity index (χ3v) is 8.11. The van der Waals surface area contributed by atoms with Crippen molar-refractivity contribution in [1.82, 2.24) is 9.88 Å². The molecule has 0 radical (unpaired) electrons. The molecule has 202 valence electrons. The number of likely N-dealkylation sites (tertiary alicyclic amines) is 1. The molecule has 2 saturated heterocycles. The number of aliphatic hydroxyl groups is 1. The summed E-state index contributed by atoms with van der Waals surface area (Å²) in [5, 5.41) is 18.2. The number of thiol groups is 1. The topological polar surface area (TPSA) is 92.9 Å². The summed E-state index contributed by atoms with van der Waals surface area (Å²) in [7, 11) is 0. The van der Waals surface area contributed by atoms with Crippen LogP contribution < -0.4 is 14.5 Å². The van der Waals surface area contributed by atoms with Crippen molar-refractivity contribution < 1.29 is 27.8 Å². The number of nitrogens with zero attached hydrogens (tertiary/aromatic N) is 5. The van der Waals surface area contributed by atoms with Crippen LogP contribution in [0, 0.1) is 11.3 Å². The quantitative estimate of drug-likeness (QED) is 0.532. The first-order chi connectivity index (χ1) is 18.2. The SMILES string of the molecule is N#Cc1ncc(N2C(=O)C3(CCC3)N(c3ccc(OC4CCN(CCO)CC4)cc3)C2S)cc1C(F)(F)F. The zero-order valence-corrected chi connectivity index (χ0v) is 21.5. The van der Waals surface area contributed by atoms with Crippen molar-refractivity contribution in [3.8, 4) is 11.8 Å². The third-order valence-electron chi connectivity index (χ3n) is 7.65. The number of halogens is 3. The van der Waals surface area contributed by atoms with Crippen molar-refractivity contribution in [2.24, 2.45) is 0 Å². The van der Waals surface area contributed by atoms with Gasteiger partial charge in [-0.25, -0.2) is 4.98 Å². The number of piperidine rings is 1. The van der Waals surface area contributed by atoms with Gasteiger partial charge in [-0.05, 0) is 62.4 Å². The first-order valence-electron chi connectivity index (χ1n) is 12.6. The predicted molar refractivity (Wildman–Crippen MR) is 137 cm³/mol. The molecule has 3 fully saturated rings. The van der Waals surface area contributed by atoms with E-state index in [-0.39, 0.29) is 24.3 Å². The first kappa shape index (κ1) is 26.6. The number of ether oxygens (including phenoxy) is 1. The molecule has 3 aliphatic rings. The molecule has 1 saturated carbocycles. The number of pyridine rings is 1. The molecule has 3 heterocycles. The number of nitriles is 1. The largest absolute Gasteiger partial charge is 0.490 e. The molecule has 1 spiro atoms. The fourth-order valence-electron chi connectivity index (χ4n) is 5.53. The van der Waals surface area contributed by atoms with E-state index in [0.29, 0.717) is 30.8 Å². The van der Waals surface area contributed by atoms with Crippen molar-refractivity contribution in [3.63, 3.8) is 0 Å². The van der Waals surface area contributed by atoms with Gasteiger partial charge in [0.2, 0.25) is 0 Å². The average molecular weight is 548 g/mol. The van der Waals surface area contributed by atoms with Crippen molar-refractivity contribution in [2.45, 2.75) is 55.4 Å². The predicted octanol–water partition coefficient (Wildman–Crippen LogP) is 3.80. The highest BCUT2D eigenvalue weighted by atomic mass is 32.1. The maximum Gasteiger partial charge on any atom is 0.419 e. The second kappa shape index (κ2) is 10.3. The number of anilines is 2. The summed E-state index contributed by atoms with van der Waals surface area (Å²) in [6.07, 6.45) is 0.0405. The van der Waals surface area contributed by atoms with E-state index >= 15 is 0 Å². The zero-order chi connectivity index (χ0) is 27.1. The first-order valence-corrected chi connectivity index (χ1v) is 13.1. The number of alkyl halides is 3. The van der Waals surface area contributed by atoms with E-state index < -0.39 is 28.5 Å². The Morgan fingerprint density at radius 1 is 1.18 bits per heavy atom. The van der Waals surface area contributed by atoms with Crippen LogP contribution in [-0.2, 0) is 11.0 Å². The van der Waals surface area contributed by atoms with Gasteiger partial charge in [-0.15, -0.1) is 12.6 Å². The number of carbonyl (C=O) groups excluding carboxylic acids is 1. The fraction of sp³-hybridized carbons (Fsp3) is 0.500. The standard InChI is InChI=1S/C26H28F3N5O3S/c27-26(28,29)21-14-18(16-31-22(21)15-30)33-23(36)25(8-1-9-25)34(24(33)38)17-2-4-19(5-3-17)37-20-6-10-32(11-7-20)12-13-35/h2-5,14,16,20,24,35,38H,1,6-13H2. The van der Waals surface area contributed by atoms with Crippen LogP contribution in [0.25, 0.3) is 0 Å². The number of benzene rings is 1. The average Bonchev–Trinajstić information content (AvgIpc) is 3.11. The molecule has 1 unspecified atom stereocenters. The van der Waals surface area contributed by atoms with Crippen LogP contribution in [0.3, 0.4) is 0 Å². The van der Waals surface area contributed by atoms with Gasteiger partial charge in [0, 0.05) is 25.3 Å². The Bertz CT molecular complexity index is 1220. The monoisotopic (exact) mass is 547 g/mol. The molecule has 2 aromatic rings. The van der Waals surface area contributed by atoms with Crippen molar-refractivity contribution in [1.29, 1.82) is 5.26 Å². The van der Waals surface area contributed by atoms with Gasteiger partial charge in [0.25, 0.3) is 5.91 Å². The minimum absolute atomic E-state index is 0.0532. The number of hydrogen-bond donors (Lipinski definition) is 2. The van der Waals surface area contributed by atoms with Gasteiger partial charge >= 0.3 is 6.18 Å². The van der Waals surface area contributed by atoms with Crippen LogP contribution in [0.2, 0.25) is 0 Å². The van der Waals surface area contributed by atoms with E-state index in [0.717, 1.165) is 44.6 Å². The molecule has 8 nitrogen and oxygen atoms in total. The van der Waals surface area contributed by atoms with Crippen LogP contribution in [0.5, 0.6) is 5.75 Å². The van der Waals surface area contributed by atoms with Gasteiger partial charge in [0.05, 0.1) is 24.1 Å². The number of aliphatic hydroxyl groups excluding tert-OH is 1. The second-order valence-electron chi connectivity index (χ2n) is 9.85. The Balaban J connectivity index is 1.37. The summed E-state index contributed by atoms with van der Waals surface area (Å²) in [6.45, 7) is 2.52. The van der Waals surface area contributed by atoms with E-state index in [1.54, 1.807) is 0 Å². The summed E-state index contributed by atoms with van der Waals surface area (Å²) >= 11 is 4.68. The van der Waals surface area contributed by atoms with Crippen LogP contribution in [0.1, 0.15) is 43.4 Å². The van der Waals surface area contributed by atoms with Gasteiger partial charge in [-0.1, -0.05) is 0 Å². The van der Waals surface area contributed by atoms with E-state index in [9.17, 15) is 18.0 Å². The highest BCUT2D eigenvalue weighted by molar-refractivity contribution is 7.81. The second-order valence-corrected chi connectivity index (χ2v) is 10.3. The van der Waals surface area contributed by atoms with E-state index in [4.69, 9.17) is 15.1 Å². The summed E-state index contributed by atoms with van der Waals surface area (Å²) in [4.78, 5) is 22.6. The molecule has 2 aliphatic heterocycles. The third kappa shape index (κ3) is 4.67. The Kier molecular flexibility index (Phi) is 7.19. The summed E-state index contributed by atoms with van der Waals surface area (Å²) in [5.41, 5.74) is -3.03. The van der Waals surface area contributed by atoms with E-state index in [1.165, 1.54) is 11.0 Å². The lowest BCUT2D eigenvalue weighted by atomic mass is 9.75. The molecule has 12 heteroatoms. The van der Waals surface area contributed by atoms with Gasteiger partial charge in [-0.2, -0.15) is 18.4 Å². The van der Waals surface area contributed by atoms with Crippen LogP contribution in [0.15, 0.2) is 36.5 Å². The highest BCUT2D eigenvalue weighted by Crippen LogP contribution is 2.50. The molecule has 1 aromatic carbocycles. The maximum absolute atomic E-state index is 13.6. The van der Waals surface area contributed by atoms with Gasteiger partial charge in [0.1, 0.15) is 23.5 Å². The Hall–Kier alpha value is -3.01.